The van der Waals surface area contributed by atoms with Gasteiger partial charge in [-0.25, -0.2) is 13.1 Å². The fourth-order valence-corrected chi connectivity index (χ4v) is 1.98. The van der Waals surface area contributed by atoms with E-state index in [1.807, 2.05) is 13.8 Å². The van der Waals surface area contributed by atoms with Crippen LogP contribution >= 0.6 is 0 Å². The molecule has 7 heteroatoms. The van der Waals surface area contributed by atoms with Crippen molar-refractivity contribution < 1.29 is 18.3 Å². The highest BCUT2D eigenvalue weighted by Gasteiger charge is 2.20. The minimum atomic E-state index is -3.58. The van der Waals surface area contributed by atoms with Crippen LogP contribution in [0.1, 0.15) is 13.8 Å². The Morgan fingerprint density at radius 2 is 2.00 bits per heavy atom. The smallest absolute Gasteiger partial charge is 0.321 e. The van der Waals surface area contributed by atoms with Crippen molar-refractivity contribution in [2.24, 2.45) is 11.7 Å². The van der Waals surface area contributed by atoms with Gasteiger partial charge in [-0.15, -0.1) is 0 Å². The van der Waals surface area contributed by atoms with Gasteiger partial charge < -0.3 is 10.8 Å². The number of hydrogen-bond donors (Lipinski definition) is 3. The Morgan fingerprint density at radius 3 is 2.36 bits per heavy atom. The fraction of sp³-hybridized carbons (Fsp3) is 0.857. The number of carboxylic acid groups (broad SMARTS) is 1. The molecular formula is C7H16N2O4S. The van der Waals surface area contributed by atoms with Crippen molar-refractivity contribution >= 4 is 16.0 Å². The first-order valence-corrected chi connectivity index (χ1v) is 5.85. The third kappa shape index (κ3) is 5.90. The Kier molecular flexibility index (Phi) is 5.03. The predicted molar refractivity (Wildman–Crippen MR) is 52.2 cm³/mol. The number of sulfonamides is 1. The number of rotatable bonds is 6. The van der Waals surface area contributed by atoms with Gasteiger partial charge >= 0.3 is 5.97 Å². The Bertz CT molecular complexity index is 286. The number of nitrogens with two attached hydrogens (primary N) is 1. The molecule has 0 aromatic rings. The van der Waals surface area contributed by atoms with Crippen molar-refractivity contribution in [3.63, 3.8) is 0 Å². The minimum Gasteiger partial charge on any atom is -0.480 e. The highest BCUT2D eigenvalue weighted by molar-refractivity contribution is 7.89. The molecule has 0 amide bonds. The molecule has 4 N–H and O–H groups in total. The van der Waals surface area contributed by atoms with Gasteiger partial charge in [-0.05, 0) is 5.92 Å². The van der Waals surface area contributed by atoms with Crippen LogP contribution in [-0.4, -0.2) is 37.8 Å². The molecule has 0 aliphatic rings. The molecule has 84 valence electrons. The number of hydrogen-bond acceptors (Lipinski definition) is 4. The molecule has 0 aliphatic carbocycles. The molecule has 14 heavy (non-hydrogen) atoms. The summed E-state index contributed by atoms with van der Waals surface area (Å²) in [5, 5.41) is 8.41. The maximum absolute atomic E-state index is 11.2. The lowest BCUT2D eigenvalue weighted by molar-refractivity contribution is -0.137. The Labute approximate surface area is 83.5 Å². The van der Waals surface area contributed by atoms with Crippen LogP contribution < -0.4 is 10.5 Å². The lowest BCUT2D eigenvalue weighted by Gasteiger charge is -2.10. The average molecular weight is 224 g/mol. The maximum Gasteiger partial charge on any atom is 0.321 e. The van der Waals surface area contributed by atoms with Crippen LogP contribution in [0.4, 0.5) is 0 Å². The quantitative estimate of drug-likeness (QED) is 0.534. The van der Waals surface area contributed by atoms with E-state index in [2.05, 4.69) is 4.72 Å². The molecule has 0 aromatic heterocycles. The molecular weight excluding hydrogens is 208 g/mol. The summed E-state index contributed by atoms with van der Waals surface area (Å²) < 4.78 is 24.7. The zero-order valence-corrected chi connectivity index (χ0v) is 9.04. The second-order valence-corrected chi connectivity index (χ2v) is 5.32. The second kappa shape index (κ2) is 5.28. The van der Waals surface area contributed by atoms with Crippen LogP contribution in [0.5, 0.6) is 0 Å². The third-order valence-corrected chi connectivity index (χ3v) is 2.83. The molecule has 0 aromatic carbocycles. The van der Waals surface area contributed by atoms with E-state index >= 15 is 0 Å². The van der Waals surface area contributed by atoms with Gasteiger partial charge in [0, 0.05) is 6.54 Å². The van der Waals surface area contributed by atoms with Crippen molar-refractivity contribution in [3.05, 3.63) is 0 Å². The number of nitrogens with one attached hydrogen (secondary N) is 1. The molecule has 0 bridgehead atoms. The SMILES string of the molecule is CC(C)CNS(=O)(=O)C[C@H](N)C(=O)O. The van der Waals surface area contributed by atoms with Crippen LogP contribution in [0.3, 0.4) is 0 Å². The van der Waals surface area contributed by atoms with Crippen molar-refractivity contribution in [2.45, 2.75) is 19.9 Å². The lowest BCUT2D eigenvalue weighted by Crippen LogP contribution is -2.42. The first kappa shape index (κ1) is 13.3. The third-order valence-electron chi connectivity index (χ3n) is 1.43. The van der Waals surface area contributed by atoms with Crippen LogP contribution in [0.15, 0.2) is 0 Å². The summed E-state index contributed by atoms with van der Waals surface area (Å²) in [6.45, 7) is 3.98. The maximum atomic E-state index is 11.2. The second-order valence-electron chi connectivity index (χ2n) is 3.47. The van der Waals surface area contributed by atoms with Crippen LogP contribution in [-0.2, 0) is 14.8 Å². The summed E-state index contributed by atoms with van der Waals surface area (Å²) in [5.41, 5.74) is 5.09. The average Bonchev–Trinajstić information content (AvgIpc) is 2.00. The van der Waals surface area contributed by atoms with Gasteiger partial charge in [-0.2, -0.15) is 0 Å². The summed E-state index contributed by atoms with van der Waals surface area (Å²) in [6, 6.07) is -1.38. The zero-order valence-electron chi connectivity index (χ0n) is 8.23. The first-order chi connectivity index (χ1) is 6.24. The zero-order chi connectivity index (χ0) is 11.4. The van der Waals surface area contributed by atoms with Crippen molar-refractivity contribution in [1.29, 1.82) is 0 Å². The largest absolute Gasteiger partial charge is 0.480 e. The fourth-order valence-electron chi connectivity index (χ4n) is 0.660. The van der Waals surface area contributed by atoms with E-state index in [9.17, 15) is 13.2 Å². The molecule has 0 saturated carbocycles. The summed E-state index contributed by atoms with van der Waals surface area (Å²) in [6.07, 6.45) is 0. The summed E-state index contributed by atoms with van der Waals surface area (Å²) in [5.74, 6) is -1.74. The molecule has 0 radical (unpaired) electrons. The number of aliphatic carboxylic acids is 1. The summed E-state index contributed by atoms with van der Waals surface area (Å²) in [4.78, 5) is 10.3. The standard InChI is InChI=1S/C7H16N2O4S/c1-5(2)3-9-14(12,13)4-6(8)7(10)11/h5-6,9H,3-4,8H2,1-2H3,(H,10,11)/t6-/m0/s1. The van der Waals surface area contributed by atoms with Crippen molar-refractivity contribution in [2.75, 3.05) is 12.3 Å². The van der Waals surface area contributed by atoms with Gasteiger partial charge in [0.1, 0.15) is 6.04 Å². The highest BCUT2D eigenvalue weighted by Crippen LogP contribution is 1.93. The molecule has 0 spiro atoms. The number of carbonyl (C=O) groups is 1. The molecule has 1 atom stereocenters. The van der Waals surface area contributed by atoms with Crippen LogP contribution in [0.25, 0.3) is 0 Å². The Hall–Kier alpha value is -0.660. The van der Waals surface area contributed by atoms with Gasteiger partial charge in [0.15, 0.2) is 0 Å². The van der Waals surface area contributed by atoms with Gasteiger partial charge in [-0.3, -0.25) is 4.79 Å². The highest BCUT2D eigenvalue weighted by atomic mass is 32.2. The molecule has 0 aliphatic heterocycles. The van der Waals surface area contributed by atoms with E-state index in [0.717, 1.165) is 0 Å². The molecule has 0 saturated heterocycles. The van der Waals surface area contributed by atoms with Crippen molar-refractivity contribution in [1.82, 2.24) is 4.72 Å². The predicted octanol–water partition coefficient (Wildman–Crippen LogP) is -1.03. The van der Waals surface area contributed by atoms with Gasteiger partial charge in [0.25, 0.3) is 0 Å². The normalized spacial score (nSPS) is 14.3. The summed E-state index contributed by atoms with van der Waals surface area (Å²) in [7, 11) is -3.58. The van der Waals surface area contributed by atoms with Gasteiger partial charge in [0.05, 0.1) is 5.75 Å². The van der Waals surface area contributed by atoms with E-state index in [1.165, 1.54) is 0 Å². The van der Waals surface area contributed by atoms with Crippen molar-refractivity contribution in [3.8, 4) is 0 Å². The molecule has 6 nitrogen and oxygen atoms in total. The van der Waals surface area contributed by atoms with Crippen LogP contribution in [0.2, 0.25) is 0 Å². The van der Waals surface area contributed by atoms with E-state index < -0.39 is 27.8 Å². The van der Waals surface area contributed by atoms with Crippen LogP contribution in [0, 0.1) is 5.92 Å². The topological polar surface area (TPSA) is 109 Å². The summed E-state index contributed by atoms with van der Waals surface area (Å²) >= 11 is 0. The van der Waals surface area contributed by atoms with E-state index in [1.54, 1.807) is 0 Å². The van der Waals surface area contributed by atoms with E-state index in [4.69, 9.17) is 10.8 Å². The molecule has 0 heterocycles. The number of carboxylic acids is 1. The van der Waals surface area contributed by atoms with Gasteiger partial charge in [0.2, 0.25) is 10.0 Å². The van der Waals surface area contributed by atoms with E-state index in [0.29, 0.717) is 0 Å². The minimum absolute atomic E-state index is 0.172. The Morgan fingerprint density at radius 1 is 1.50 bits per heavy atom. The Balaban J connectivity index is 4.15. The monoisotopic (exact) mass is 224 g/mol. The molecule has 0 unspecified atom stereocenters. The molecule has 0 rings (SSSR count). The van der Waals surface area contributed by atoms with Gasteiger partial charge in [-0.1, -0.05) is 13.8 Å². The lowest BCUT2D eigenvalue weighted by atomic mass is 10.2. The van der Waals surface area contributed by atoms with E-state index in [-0.39, 0.29) is 12.5 Å². The molecule has 0 fully saturated rings. The first-order valence-electron chi connectivity index (χ1n) is 4.20.